The van der Waals surface area contributed by atoms with Crippen LogP contribution in [0.1, 0.15) is 21.7 Å². The van der Waals surface area contributed by atoms with Crippen LogP contribution in [0.25, 0.3) is 5.57 Å². The molecule has 2 heterocycles. The van der Waals surface area contributed by atoms with E-state index in [1.54, 1.807) is 6.08 Å². The van der Waals surface area contributed by atoms with Crippen LogP contribution in [-0.2, 0) is 0 Å². The van der Waals surface area contributed by atoms with Crippen molar-refractivity contribution in [2.24, 2.45) is 0 Å². The maximum atomic E-state index is 12.3. The number of hydrogen-bond donors (Lipinski definition) is 2. The molecule has 0 unspecified atom stereocenters. The zero-order chi connectivity index (χ0) is 13.8. The summed E-state index contributed by atoms with van der Waals surface area (Å²) in [6, 6.07) is 17.0. The number of carbonyl (C=O) groups excluding carboxylic acids is 1. The summed E-state index contributed by atoms with van der Waals surface area (Å²) in [6.07, 6.45) is 5.35. The van der Waals surface area contributed by atoms with Gasteiger partial charge in [0, 0.05) is 34.9 Å². The minimum atomic E-state index is -0.00944. The second-order valence-electron chi connectivity index (χ2n) is 4.46. The van der Waals surface area contributed by atoms with E-state index in [1.165, 1.54) is 0 Å². The van der Waals surface area contributed by atoms with Crippen molar-refractivity contribution in [1.82, 2.24) is 9.97 Å². The number of rotatable bonds is 4. The van der Waals surface area contributed by atoms with Gasteiger partial charge in [-0.25, -0.2) is 0 Å². The molecular formula is C17H14N2O. The molecule has 0 aliphatic rings. The first-order valence-corrected chi connectivity index (χ1v) is 6.43. The molecule has 1 aromatic carbocycles. The number of aromatic nitrogens is 2. The number of ketones is 1. The lowest BCUT2D eigenvalue weighted by Crippen LogP contribution is -1.98. The van der Waals surface area contributed by atoms with Gasteiger partial charge in [0.1, 0.15) is 0 Å². The van der Waals surface area contributed by atoms with Crippen LogP contribution >= 0.6 is 0 Å². The van der Waals surface area contributed by atoms with Crippen LogP contribution in [-0.4, -0.2) is 15.8 Å². The third-order valence-corrected chi connectivity index (χ3v) is 3.11. The molecule has 3 aromatic rings. The van der Waals surface area contributed by atoms with E-state index >= 15 is 0 Å². The Bertz CT molecular complexity index is 671. The fraction of sp³-hybridized carbons (Fsp3) is 0. The zero-order valence-corrected chi connectivity index (χ0v) is 10.8. The number of nitrogens with one attached hydrogen (secondary N) is 2. The van der Waals surface area contributed by atoms with E-state index in [2.05, 4.69) is 9.97 Å². The molecule has 0 atom stereocenters. The number of hydrogen-bond acceptors (Lipinski definition) is 1. The quantitative estimate of drug-likeness (QED) is 0.547. The van der Waals surface area contributed by atoms with E-state index in [0.29, 0.717) is 5.56 Å². The molecule has 2 aromatic heterocycles. The topological polar surface area (TPSA) is 48.6 Å². The highest BCUT2D eigenvalue weighted by atomic mass is 16.1. The molecule has 3 heteroatoms. The van der Waals surface area contributed by atoms with Crippen molar-refractivity contribution in [3.8, 4) is 0 Å². The van der Waals surface area contributed by atoms with Crippen molar-refractivity contribution in [3.05, 3.63) is 90.0 Å². The lowest BCUT2D eigenvalue weighted by molar-refractivity contribution is 0.104. The Kier molecular flexibility index (Phi) is 3.33. The third kappa shape index (κ3) is 2.47. The monoisotopic (exact) mass is 262 g/mol. The zero-order valence-electron chi connectivity index (χ0n) is 10.8. The van der Waals surface area contributed by atoms with Gasteiger partial charge in [0.15, 0.2) is 5.78 Å². The SMILES string of the molecule is O=C(C=C(c1ccc[nH]1)c1ccc[nH]1)c1ccccc1. The highest BCUT2D eigenvalue weighted by molar-refractivity contribution is 6.09. The first-order valence-electron chi connectivity index (χ1n) is 6.43. The summed E-state index contributed by atoms with van der Waals surface area (Å²) in [5, 5.41) is 0. The summed E-state index contributed by atoms with van der Waals surface area (Å²) in [7, 11) is 0. The van der Waals surface area contributed by atoms with E-state index in [1.807, 2.05) is 67.0 Å². The Balaban J connectivity index is 2.02. The normalized spacial score (nSPS) is 10.2. The smallest absolute Gasteiger partial charge is 0.186 e. The number of allylic oxidation sites excluding steroid dienone is 1. The predicted octanol–water partition coefficient (Wildman–Crippen LogP) is 3.66. The maximum Gasteiger partial charge on any atom is 0.186 e. The Morgan fingerprint density at radius 3 is 1.90 bits per heavy atom. The van der Waals surface area contributed by atoms with Crippen molar-refractivity contribution in [2.45, 2.75) is 0 Å². The standard InChI is InChI=1S/C17H14N2O/c20-17(13-6-2-1-3-7-13)12-14(15-8-4-10-18-15)16-9-5-11-19-16/h1-12,18-19H. The summed E-state index contributed by atoms with van der Waals surface area (Å²) in [5.74, 6) is -0.00944. The van der Waals surface area contributed by atoms with Crippen LogP contribution < -0.4 is 0 Å². The van der Waals surface area contributed by atoms with E-state index in [9.17, 15) is 4.79 Å². The molecule has 2 N–H and O–H groups in total. The van der Waals surface area contributed by atoms with Crippen LogP contribution in [0.2, 0.25) is 0 Å². The first kappa shape index (κ1) is 12.2. The highest BCUT2D eigenvalue weighted by Gasteiger charge is 2.10. The molecule has 0 aliphatic carbocycles. The van der Waals surface area contributed by atoms with E-state index < -0.39 is 0 Å². The van der Waals surface area contributed by atoms with Gasteiger partial charge in [0.25, 0.3) is 0 Å². The van der Waals surface area contributed by atoms with Crippen LogP contribution in [0.4, 0.5) is 0 Å². The maximum absolute atomic E-state index is 12.3. The number of H-pyrrole nitrogens is 2. The van der Waals surface area contributed by atoms with Crippen LogP contribution in [0.15, 0.2) is 73.1 Å². The summed E-state index contributed by atoms with van der Waals surface area (Å²) in [4.78, 5) is 18.6. The summed E-state index contributed by atoms with van der Waals surface area (Å²) >= 11 is 0. The number of benzene rings is 1. The van der Waals surface area contributed by atoms with Gasteiger partial charge in [-0.2, -0.15) is 0 Å². The molecule has 0 saturated carbocycles. The molecule has 0 aliphatic heterocycles. The average molecular weight is 262 g/mol. The Labute approximate surface area is 117 Å². The van der Waals surface area contributed by atoms with Gasteiger partial charge in [-0.15, -0.1) is 0 Å². The number of aromatic amines is 2. The van der Waals surface area contributed by atoms with Gasteiger partial charge in [-0.1, -0.05) is 30.3 Å². The Morgan fingerprint density at radius 2 is 1.40 bits per heavy atom. The fourth-order valence-electron chi connectivity index (χ4n) is 2.11. The van der Waals surface area contributed by atoms with Gasteiger partial charge in [-0.3, -0.25) is 4.79 Å². The lowest BCUT2D eigenvalue weighted by Gasteiger charge is -2.04. The molecule has 0 fully saturated rings. The fourth-order valence-corrected chi connectivity index (χ4v) is 2.11. The van der Waals surface area contributed by atoms with Crippen molar-refractivity contribution in [1.29, 1.82) is 0 Å². The molecule has 0 radical (unpaired) electrons. The number of carbonyl (C=O) groups is 1. The lowest BCUT2D eigenvalue weighted by atomic mass is 10.0. The molecular weight excluding hydrogens is 248 g/mol. The third-order valence-electron chi connectivity index (χ3n) is 3.11. The average Bonchev–Trinajstić information content (AvgIpc) is 3.19. The van der Waals surface area contributed by atoms with Crippen molar-refractivity contribution < 1.29 is 4.79 Å². The van der Waals surface area contributed by atoms with Crippen molar-refractivity contribution in [3.63, 3.8) is 0 Å². The summed E-state index contributed by atoms with van der Waals surface area (Å²) < 4.78 is 0. The molecule has 3 rings (SSSR count). The second-order valence-corrected chi connectivity index (χ2v) is 4.46. The predicted molar refractivity (Wildman–Crippen MR) is 79.4 cm³/mol. The van der Waals surface area contributed by atoms with Crippen LogP contribution in [0.5, 0.6) is 0 Å². The van der Waals surface area contributed by atoms with Gasteiger partial charge in [-0.05, 0) is 30.3 Å². The van der Waals surface area contributed by atoms with Crippen molar-refractivity contribution in [2.75, 3.05) is 0 Å². The molecule has 98 valence electrons. The highest BCUT2D eigenvalue weighted by Crippen LogP contribution is 2.21. The Morgan fingerprint density at radius 1 is 0.800 bits per heavy atom. The second kappa shape index (κ2) is 5.45. The molecule has 20 heavy (non-hydrogen) atoms. The molecule has 3 nitrogen and oxygen atoms in total. The van der Waals surface area contributed by atoms with Gasteiger partial charge >= 0.3 is 0 Å². The summed E-state index contributed by atoms with van der Waals surface area (Å²) in [5.41, 5.74) is 3.37. The first-order chi connectivity index (χ1) is 9.84. The molecule has 0 saturated heterocycles. The minimum Gasteiger partial charge on any atom is -0.361 e. The van der Waals surface area contributed by atoms with E-state index in [4.69, 9.17) is 0 Å². The molecule has 0 bridgehead atoms. The minimum absolute atomic E-state index is 0.00944. The molecule has 0 spiro atoms. The van der Waals surface area contributed by atoms with Crippen LogP contribution in [0.3, 0.4) is 0 Å². The van der Waals surface area contributed by atoms with Gasteiger partial charge in [0.2, 0.25) is 0 Å². The van der Waals surface area contributed by atoms with Crippen molar-refractivity contribution >= 4 is 11.4 Å². The Hall–Kier alpha value is -2.81. The van der Waals surface area contributed by atoms with Gasteiger partial charge < -0.3 is 9.97 Å². The van der Waals surface area contributed by atoms with E-state index in [-0.39, 0.29) is 5.78 Å². The van der Waals surface area contributed by atoms with Crippen LogP contribution in [0, 0.1) is 0 Å². The molecule has 0 amide bonds. The largest absolute Gasteiger partial charge is 0.361 e. The van der Waals surface area contributed by atoms with E-state index in [0.717, 1.165) is 17.0 Å². The van der Waals surface area contributed by atoms with Gasteiger partial charge in [0.05, 0.1) is 0 Å². The summed E-state index contributed by atoms with van der Waals surface area (Å²) in [6.45, 7) is 0.